The van der Waals surface area contributed by atoms with Gasteiger partial charge in [-0.2, -0.15) is 0 Å². The molecule has 5 rings (SSSR count). The summed E-state index contributed by atoms with van der Waals surface area (Å²) < 4.78 is 8.38. The molecular formula is C23H21N3O3S. The Morgan fingerprint density at radius 2 is 1.83 bits per heavy atom. The van der Waals surface area contributed by atoms with Crippen molar-refractivity contribution in [3.8, 4) is 11.5 Å². The predicted molar refractivity (Wildman–Crippen MR) is 118 cm³/mol. The molecule has 152 valence electrons. The molecule has 2 aromatic heterocycles. The summed E-state index contributed by atoms with van der Waals surface area (Å²) in [5, 5.41) is 14.6. The lowest BCUT2D eigenvalue weighted by atomic mass is 9.95. The highest BCUT2D eigenvalue weighted by Gasteiger charge is 2.22. The Morgan fingerprint density at radius 3 is 2.63 bits per heavy atom. The van der Waals surface area contributed by atoms with Gasteiger partial charge in [0.15, 0.2) is 10.6 Å². The second-order valence-corrected chi connectivity index (χ2v) is 8.41. The number of benzene rings is 2. The molecule has 1 aliphatic carbocycles. The molecule has 0 bridgehead atoms. The SMILES string of the molecule is O=[N+]([O-])c1ccccc1N=c1scc(-c2cc3ccccc3o2)n1C1CCCCC1. The molecule has 1 aliphatic rings. The minimum atomic E-state index is -0.377. The molecule has 0 spiro atoms. The Labute approximate surface area is 177 Å². The minimum Gasteiger partial charge on any atom is -0.454 e. The highest BCUT2D eigenvalue weighted by molar-refractivity contribution is 7.07. The number of hydrogen-bond acceptors (Lipinski definition) is 5. The summed E-state index contributed by atoms with van der Waals surface area (Å²) in [5.74, 6) is 0.807. The average Bonchev–Trinajstić information content (AvgIpc) is 3.38. The third-order valence-electron chi connectivity index (χ3n) is 5.65. The van der Waals surface area contributed by atoms with E-state index in [0.29, 0.717) is 11.7 Å². The molecule has 0 amide bonds. The van der Waals surface area contributed by atoms with E-state index in [1.54, 1.807) is 18.2 Å². The van der Waals surface area contributed by atoms with Crippen LogP contribution in [0.25, 0.3) is 22.4 Å². The van der Waals surface area contributed by atoms with Crippen molar-refractivity contribution in [2.45, 2.75) is 38.1 Å². The van der Waals surface area contributed by atoms with Gasteiger partial charge in [-0.15, -0.1) is 11.3 Å². The molecule has 1 saturated carbocycles. The summed E-state index contributed by atoms with van der Waals surface area (Å²) in [6.45, 7) is 0. The van der Waals surface area contributed by atoms with Gasteiger partial charge in [0, 0.05) is 22.9 Å². The largest absolute Gasteiger partial charge is 0.454 e. The summed E-state index contributed by atoms with van der Waals surface area (Å²) >= 11 is 1.50. The first-order valence-corrected chi connectivity index (χ1v) is 11.1. The molecule has 30 heavy (non-hydrogen) atoms. The van der Waals surface area contributed by atoms with E-state index >= 15 is 0 Å². The minimum absolute atomic E-state index is 0.0198. The van der Waals surface area contributed by atoms with Gasteiger partial charge in [0.2, 0.25) is 0 Å². The normalized spacial score (nSPS) is 15.7. The van der Waals surface area contributed by atoms with E-state index in [-0.39, 0.29) is 10.6 Å². The summed E-state index contributed by atoms with van der Waals surface area (Å²) in [5.41, 5.74) is 2.24. The Kier molecular flexibility index (Phi) is 4.96. The van der Waals surface area contributed by atoms with Gasteiger partial charge < -0.3 is 8.98 Å². The maximum atomic E-state index is 11.5. The topological polar surface area (TPSA) is 73.6 Å². The summed E-state index contributed by atoms with van der Waals surface area (Å²) in [4.78, 5) is 16.6. The Hall–Kier alpha value is -3.19. The first kappa shape index (κ1) is 18.8. The van der Waals surface area contributed by atoms with E-state index in [4.69, 9.17) is 9.41 Å². The number of rotatable bonds is 4. The number of nitrogens with zero attached hydrogens (tertiary/aromatic N) is 3. The van der Waals surface area contributed by atoms with Crippen LogP contribution in [-0.4, -0.2) is 9.49 Å². The van der Waals surface area contributed by atoms with E-state index < -0.39 is 0 Å². The number of furan rings is 1. The number of nitro benzene ring substituents is 1. The van der Waals surface area contributed by atoms with Crippen molar-refractivity contribution >= 4 is 33.7 Å². The molecule has 1 fully saturated rings. The molecule has 4 aromatic rings. The van der Waals surface area contributed by atoms with E-state index in [2.05, 4.69) is 16.0 Å². The second-order valence-electron chi connectivity index (χ2n) is 7.57. The fraction of sp³-hybridized carbons (Fsp3) is 0.261. The predicted octanol–water partition coefficient (Wildman–Crippen LogP) is 6.61. The van der Waals surface area contributed by atoms with E-state index in [1.165, 1.54) is 36.7 Å². The van der Waals surface area contributed by atoms with Crippen LogP contribution >= 0.6 is 11.3 Å². The third kappa shape index (κ3) is 3.45. The average molecular weight is 420 g/mol. The number of hydrogen-bond donors (Lipinski definition) is 0. The van der Waals surface area contributed by atoms with Crippen LogP contribution in [0.1, 0.15) is 38.1 Å². The van der Waals surface area contributed by atoms with Gasteiger partial charge in [-0.1, -0.05) is 49.6 Å². The van der Waals surface area contributed by atoms with Crippen molar-refractivity contribution in [2.24, 2.45) is 4.99 Å². The van der Waals surface area contributed by atoms with Crippen molar-refractivity contribution in [2.75, 3.05) is 0 Å². The summed E-state index contributed by atoms with van der Waals surface area (Å²) in [7, 11) is 0. The molecule has 0 radical (unpaired) electrons. The van der Waals surface area contributed by atoms with Crippen molar-refractivity contribution in [3.63, 3.8) is 0 Å². The second kappa shape index (κ2) is 7.91. The molecule has 7 heteroatoms. The van der Waals surface area contributed by atoms with Gasteiger partial charge in [-0.05, 0) is 31.0 Å². The van der Waals surface area contributed by atoms with Gasteiger partial charge in [0.05, 0.1) is 10.6 Å². The van der Waals surface area contributed by atoms with Gasteiger partial charge in [-0.3, -0.25) is 10.1 Å². The quantitative estimate of drug-likeness (QED) is 0.276. The number of fused-ring (bicyclic) bond motifs is 1. The van der Waals surface area contributed by atoms with E-state index in [1.807, 2.05) is 24.3 Å². The lowest BCUT2D eigenvalue weighted by Crippen LogP contribution is -2.23. The van der Waals surface area contributed by atoms with E-state index in [0.717, 1.165) is 40.1 Å². The van der Waals surface area contributed by atoms with Gasteiger partial charge >= 0.3 is 0 Å². The van der Waals surface area contributed by atoms with Crippen molar-refractivity contribution < 1.29 is 9.34 Å². The molecule has 6 nitrogen and oxygen atoms in total. The molecule has 0 unspecified atom stereocenters. The fourth-order valence-corrected chi connectivity index (χ4v) is 5.16. The Morgan fingerprint density at radius 1 is 1.07 bits per heavy atom. The molecule has 0 atom stereocenters. The van der Waals surface area contributed by atoms with Crippen molar-refractivity contribution in [1.82, 2.24) is 4.57 Å². The lowest BCUT2D eigenvalue weighted by Gasteiger charge is -2.24. The first-order chi connectivity index (χ1) is 14.7. The summed E-state index contributed by atoms with van der Waals surface area (Å²) in [6, 6.07) is 17.0. The monoisotopic (exact) mass is 419 g/mol. The molecule has 2 heterocycles. The maximum absolute atomic E-state index is 11.5. The van der Waals surface area contributed by atoms with Crippen molar-refractivity contribution in [3.05, 3.63) is 74.9 Å². The van der Waals surface area contributed by atoms with Gasteiger partial charge in [0.1, 0.15) is 11.3 Å². The molecule has 0 aliphatic heterocycles. The molecule has 0 N–H and O–H groups in total. The Bertz CT molecular complexity index is 1250. The van der Waals surface area contributed by atoms with Crippen LogP contribution in [0.5, 0.6) is 0 Å². The van der Waals surface area contributed by atoms with Crippen LogP contribution in [0.3, 0.4) is 0 Å². The lowest BCUT2D eigenvalue weighted by molar-refractivity contribution is -0.384. The number of para-hydroxylation sites is 3. The van der Waals surface area contributed by atoms with Crippen molar-refractivity contribution in [1.29, 1.82) is 0 Å². The Balaban J connectivity index is 1.70. The van der Waals surface area contributed by atoms with E-state index in [9.17, 15) is 10.1 Å². The molecule has 0 saturated heterocycles. The zero-order chi connectivity index (χ0) is 20.5. The smallest absolute Gasteiger partial charge is 0.294 e. The fourth-order valence-electron chi connectivity index (χ4n) is 4.20. The zero-order valence-electron chi connectivity index (χ0n) is 16.4. The van der Waals surface area contributed by atoms with Crippen LogP contribution in [0.4, 0.5) is 11.4 Å². The third-order valence-corrected chi connectivity index (χ3v) is 6.49. The van der Waals surface area contributed by atoms with Crippen LogP contribution in [0, 0.1) is 10.1 Å². The maximum Gasteiger partial charge on any atom is 0.294 e. The van der Waals surface area contributed by atoms with Crippen LogP contribution < -0.4 is 4.80 Å². The number of aromatic nitrogens is 1. The first-order valence-electron chi connectivity index (χ1n) is 10.2. The van der Waals surface area contributed by atoms with Crippen LogP contribution in [0.15, 0.2) is 69.4 Å². The highest BCUT2D eigenvalue weighted by Crippen LogP contribution is 2.35. The van der Waals surface area contributed by atoms with Gasteiger partial charge in [-0.25, -0.2) is 4.99 Å². The molecular weight excluding hydrogens is 398 g/mol. The number of thiazole rings is 1. The van der Waals surface area contributed by atoms with Crippen LogP contribution in [-0.2, 0) is 0 Å². The zero-order valence-corrected chi connectivity index (χ0v) is 17.2. The standard InChI is InChI=1S/C23H21N3O3S/c27-26(28)19-12-6-5-11-18(19)24-23-25(17-9-2-1-3-10-17)20(15-30-23)22-14-16-8-4-7-13-21(16)29-22/h4-8,11-15,17H,1-3,9-10H2. The molecule has 2 aromatic carbocycles. The number of nitro groups is 1. The van der Waals surface area contributed by atoms with Crippen LogP contribution in [0.2, 0.25) is 0 Å². The highest BCUT2D eigenvalue weighted by atomic mass is 32.1. The van der Waals surface area contributed by atoms with Gasteiger partial charge in [0.25, 0.3) is 5.69 Å². The summed E-state index contributed by atoms with van der Waals surface area (Å²) in [6.07, 6.45) is 5.76.